The average molecular weight is 322 g/mol. The molecule has 0 saturated heterocycles. The largest absolute Gasteiger partial charge is 0.458 e. The maximum atomic E-state index is 12.0. The molecule has 1 aromatic carbocycles. The van der Waals surface area contributed by atoms with Crippen LogP contribution >= 0.6 is 0 Å². The van der Waals surface area contributed by atoms with Crippen LogP contribution in [0.1, 0.15) is 38.8 Å². The minimum atomic E-state index is -0.313. The van der Waals surface area contributed by atoms with Crippen LogP contribution in [0.3, 0.4) is 0 Å². The number of rotatable bonds is 5. The Morgan fingerprint density at radius 2 is 1.83 bits per heavy atom. The van der Waals surface area contributed by atoms with Gasteiger partial charge in [0.05, 0.1) is 0 Å². The third kappa shape index (κ3) is 4.35. The molecule has 126 valence electrons. The van der Waals surface area contributed by atoms with Crippen LogP contribution in [0, 0.1) is 11.8 Å². The first-order valence-corrected chi connectivity index (χ1v) is 8.37. The van der Waals surface area contributed by atoms with Gasteiger partial charge >= 0.3 is 5.97 Å². The van der Waals surface area contributed by atoms with Crippen molar-refractivity contribution >= 4 is 12.0 Å². The Kier molecular flexibility index (Phi) is 5.97. The Hall–Kier alpha value is -2.35. The Morgan fingerprint density at radius 3 is 2.46 bits per heavy atom. The van der Waals surface area contributed by atoms with E-state index >= 15 is 0 Å². The van der Waals surface area contributed by atoms with Crippen molar-refractivity contribution in [3.63, 3.8) is 0 Å². The fourth-order valence-electron chi connectivity index (χ4n) is 2.83. The number of esters is 1. The van der Waals surface area contributed by atoms with E-state index in [0.29, 0.717) is 11.8 Å². The molecule has 0 heterocycles. The maximum absolute atomic E-state index is 12.0. The molecule has 0 aliphatic heterocycles. The minimum absolute atomic E-state index is 0.281. The van der Waals surface area contributed by atoms with E-state index < -0.39 is 0 Å². The molecule has 2 rings (SSSR count). The summed E-state index contributed by atoms with van der Waals surface area (Å²) in [5.74, 6) is 0.449. The van der Waals surface area contributed by atoms with Crippen molar-refractivity contribution in [1.82, 2.24) is 0 Å². The summed E-state index contributed by atoms with van der Waals surface area (Å²) in [4.78, 5) is 12.0. The molecule has 0 aromatic heterocycles. The number of benzene rings is 1. The summed E-state index contributed by atoms with van der Waals surface area (Å²) in [6, 6.07) is 7.80. The molecule has 0 amide bonds. The van der Waals surface area contributed by atoms with Gasteiger partial charge in [0.15, 0.2) is 0 Å². The first kappa shape index (κ1) is 18.0. The summed E-state index contributed by atoms with van der Waals surface area (Å²) < 4.78 is 5.31. The van der Waals surface area contributed by atoms with Crippen LogP contribution in [0.25, 0.3) is 6.08 Å². The first-order chi connectivity index (χ1) is 11.4. The lowest BCUT2D eigenvalue weighted by Gasteiger charge is -2.26. The molecular formula is C22H26O2. The van der Waals surface area contributed by atoms with E-state index in [9.17, 15) is 4.79 Å². The Morgan fingerprint density at radius 1 is 1.17 bits per heavy atom. The van der Waals surface area contributed by atoms with Gasteiger partial charge in [0.2, 0.25) is 0 Å². The molecule has 1 aliphatic carbocycles. The molecular weight excluding hydrogens is 296 g/mol. The third-order valence-corrected chi connectivity index (χ3v) is 4.91. The van der Waals surface area contributed by atoms with Crippen molar-refractivity contribution in [3.8, 4) is 0 Å². The normalized spacial score (nSPS) is 20.9. The molecule has 2 heteroatoms. The Labute approximate surface area is 145 Å². The Balaban J connectivity index is 1.93. The highest BCUT2D eigenvalue weighted by Crippen LogP contribution is 2.33. The predicted octanol–water partition coefficient (Wildman–Crippen LogP) is 5.48. The zero-order valence-corrected chi connectivity index (χ0v) is 15.0. The van der Waals surface area contributed by atoms with Crippen molar-refractivity contribution in [2.45, 2.75) is 34.3 Å². The summed E-state index contributed by atoms with van der Waals surface area (Å²) in [5, 5.41) is 0. The summed E-state index contributed by atoms with van der Waals surface area (Å²) in [7, 11) is 0. The molecule has 0 saturated carbocycles. The lowest BCUT2D eigenvalue weighted by Crippen LogP contribution is -2.12. The number of hydrogen-bond acceptors (Lipinski definition) is 2. The van der Waals surface area contributed by atoms with Gasteiger partial charge in [-0.05, 0) is 36.5 Å². The zero-order chi connectivity index (χ0) is 17.7. The number of carbonyl (C=O) groups excluding carboxylic acids is 1. The molecule has 0 radical (unpaired) electrons. The number of hydrogen-bond donors (Lipinski definition) is 0. The van der Waals surface area contributed by atoms with Gasteiger partial charge in [-0.25, -0.2) is 4.79 Å². The molecule has 1 aliphatic rings. The SMILES string of the molecule is C=Cc1ccc(COC(=O)/C=C/C2=CC(C)C(C)=C(C)C2C)cc1. The van der Waals surface area contributed by atoms with E-state index in [1.165, 1.54) is 22.8 Å². The van der Waals surface area contributed by atoms with Gasteiger partial charge in [-0.15, -0.1) is 0 Å². The van der Waals surface area contributed by atoms with E-state index in [-0.39, 0.29) is 12.6 Å². The van der Waals surface area contributed by atoms with Crippen LogP contribution in [0.15, 0.2) is 65.8 Å². The standard InChI is InChI=1S/C22H26O2/c1-6-19-7-9-20(10-8-19)14-24-22(23)12-11-21-13-15(2)16(3)17(4)18(21)5/h6-13,15,18H,1,14H2,2-5H3/b12-11+. The van der Waals surface area contributed by atoms with Crippen LogP contribution in [-0.4, -0.2) is 5.97 Å². The third-order valence-electron chi connectivity index (χ3n) is 4.91. The maximum Gasteiger partial charge on any atom is 0.331 e. The molecule has 2 unspecified atom stereocenters. The van der Waals surface area contributed by atoms with Crippen LogP contribution in [-0.2, 0) is 16.1 Å². The lowest BCUT2D eigenvalue weighted by atomic mass is 9.79. The molecule has 0 N–H and O–H groups in total. The van der Waals surface area contributed by atoms with Crippen LogP contribution in [0.2, 0.25) is 0 Å². The van der Waals surface area contributed by atoms with E-state index in [1.807, 2.05) is 30.3 Å². The van der Waals surface area contributed by atoms with Crippen molar-refractivity contribution < 1.29 is 9.53 Å². The van der Waals surface area contributed by atoms with Gasteiger partial charge in [0.25, 0.3) is 0 Å². The zero-order valence-electron chi connectivity index (χ0n) is 15.0. The summed E-state index contributed by atoms with van der Waals surface area (Å²) in [6.07, 6.45) is 7.43. The van der Waals surface area contributed by atoms with Crippen LogP contribution < -0.4 is 0 Å². The topological polar surface area (TPSA) is 26.3 Å². The van der Waals surface area contributed by atoms with Gasteiger partial charge in [0.1, 0.15) is 6.61 Å². The second kappa shape index (κ2) is 7.96. The monoisotopic (exact) mass is 322 g/mol. The Bertz CT molecular complexity index is 702. The van der Waals surface area contributed by atoms with Crippen molar-refractivity contribution in [1.29, 1.82) is 0 Å². The van der Waals surface area contributed by atoms with Crippen LogP contribution in [0.5, 0.6) is 0 Å². The van der Waals surface area contributed by atoms with Gasteiger partial charge < -0.3 is 4.74 Å². The quantitative estimate of drug-likeness (QED) is 0.408. The van der Waals surface area contributed by atoms with E-state index in [2.05, 4.69) is 40.3 Å². The van der Waals surface area contributed by atoms with Gasteiger partial charge in [0, 0.05) is 12.0 Å². The first-order valence-electron chi connectivity index (χ1n) is 8.37. The van der Waals surface area contributed by atoms with E-state index in [1.54, 1.807) is 6.08 Å². The second-order valence-electron chi connectivity index (χ2n) is 6.43. The highest BCUT2D eigenvalue weighted by atomic mass is 16.5. The second-order valence-corrected chi connectivity index (χ2v) is 6.43. The summed E-state index contributed by atoms with van der Waals surface area (Å²) in [6.45, 7) is 12.7. The van der Waals surface area contributed by atoms with Gasteiger partial charge in [-0.2, -0.15) is 0 Å². The van der Waals surface area contributed by atoms with Crippen molar-refractivity contribution in [3.05, 3.63) is 76.9 Å². The summed E-state index contributed by atoms with van der Waals surface area (Å²) in [5.41, 5.74) is 6.01. The molecule has 0 fully saturated rings. The fraction of sp³-hybridized carbons (Fsp3) is 0.318. The predicted molar refractivity (Wildman–Crippen MR) is 100 cm³/mol. The minimum Gasteiger partial charge on any atom is -0.458 e. The highest BCUT2D eigenvalue weighted by molar-refractivity contribution is 5.82. The number of ether oxygens (including phenoxy) is 1. The average Bonchev–Trinajstić information content (AvgIpc) is 2.60. The molecule has 1 aromatic rings. The number of allylic oxidation sites excluding steroid dienone is 5. The highest BCUT2D eigenvalue weighted by Gasteiger charge is 2.19. The fourth-order valence-corrected chi connectivity index (χ4v) is 2.83. The van der Waals surface area contributed by atoms with Gasteiger partial charge in [-0.1, -0.05) is 74.1 Å². The van der Waals surface area contributed by atoms with Crippen molar-refractivity contribution in [2.75, 3.05) is 0 Å². The molecule has 24 heavy (non-hydrogen) atoms. The van der Waals surface area contributed by atoms with E-state index in [0.717, 1.165) is 11.1 Å². The van der Waals surface area contributed by atoms with Crippen molar-refractivity contribution in [2.24, 2.45) is 11.8 Å². The summed E-state index contributed by atoms with van der Waals surface area (Å²) >= 11 is 0. The molecule has 0 bridgehead atoms. The van der Waals surface area contributed by atoms with Gasteiger partial charge in [-0.3, -0.25) is 0 Å². The van der Waals surface area contributed by atoms with Crippen LogP contribution in [0.4, 0.5) is 0 Å². The molecule has 2 atom stereocenters. The lowest BCUT2D eigenvalue weighted by molar-refractivity contribution is -0.139. The molecule has 0 spiro atoms. The number of carbonyl (C=O) groups is 1. The molecule has 2 nitrogen and oxygen atoms in total. The smallest absolute Gasteiger partial charge is 0.331 e. The van der Waals surface area contributed by atoms with E-state index in [4.69, 9.17) is 4.74 Å².